The van der Waals surface area contributed by atoms with Crippen LogP contribution in [0.25, 0.3) is 11.0 Å². The maximum atomic E-state index is 12.9. The monoisotopic (exact) mass is 384 g/mol. The maximum absolute atomic E-state index is 12.9. The first-order chi connectivity index (χ1) is 13.4. The van der Waals surface area contributed by atoms with Crippen molar-refractivity contribution in [1.82, 2.24) is 19.4 Å². The van der Waals surface area contributed by atoms with Crippen molar-refractivity contribution in [1.29, 1.82) is 0 Å². The smallest absolute Gasteiger partial charge is 0.226 e. The molecule has 1 fully saturated rings. The SMILES string of the molecule is CCCN(C(=O)C1CCN(Cc2nc3ccccc3n2C(C)C)CC1)C(C)C. The lowest BCUT2D eigenvalue weighted by atomic mass is 9.94. The van der Waals surface area contributed by atoms with Gasteiger partial charge in [0.1, 0.15) is 5.82 Å². The normalized spacial score (nSPS) is 16.4. The molecule has 0 N–H and O–H groups in total. The summed E-state index contributed by atoms with van der Waals surface area (Å²) >= 11 is 0. The topological polar surface area (TPSA) is 41.4 Å². The molecule has 1 aliphatic heterocycles. The Morgan fingerprint density at radius 3 is 2.46 bits per heavy atom. The minimum atomic E-state index is 0.175. The van der Waals surface area contributed by atoms with E-state index in [0.717, 1.165) is 56.8 Å². The summed E-state index contributed by atoms with van der Waals surface area (Å²) in [4.78, 5) is 22.4. The molecule has 1 amide bonds. The molecule has 1 aromatic heterocycles. The Morgan fingerprint density at radius 1 is 1.18 bits per heavy atom. The molecular formula is C23H36N4O. The minimum absolute atomic E-state index is 0.175. The number of aromatic nitrogens is 2. The van der Waals surface area contributed by atoms with Gasteiger partial charge >= 0.3 is 0 Å². The highest BCUT2D eigenvalue weighted by molar-refractivity contribution is 5.79. The van der Waals surface area contributed by atoms with Crippen LogP contribution in [0.5, 0.6) is 0 Å². The number of carbonyl (C=O) groups is 1. The summed E-state index contributed by atoms with van der Waals surface area (Å²) in [5, 5.41) is 0. The number of nitrogens with zero attached hydrogens (tertiary/aromatic N) is 4. The number of rotatable bonds is 7. The van der Waals surface area contributed by atoms with Gasteiger partial charge in [0.15, 0.2) is 0 Å². The van der Waals surface area contributed by atoms with E-state index >= 15 is 0 Å². The second-order valence-corrected chi connectivity index (χ2v) is 8.66. The maximum Gasteiger partial charge on any atom is 0.226 e. The molecule has 0 unspecified atom stereocenters. The van der Waals surface area contributed by atoms with Gasteiger partial charge in [-0.25, -0.2) is 4.98 Å². The molecule has 3 rings (SSSR count). The second kappa shape index (κ2) is 9.08. The van der Waals surface area contributed by atoms with Crippen molar-refractivity contribution < 1.29 is 4.79 Å². The first-order valence-electron chi connectivity index (χ1n) is 10.9. The van der Waals surface area contributed by atoms with Gasteiger partial charge in [-0.05, 0) is 72.2 Å². The Bertz CT molecular complexity index is 787. The van der Waals surface area contributed by atoms with Gasteiger partial charge in [-0.3, -0.25) is 9.69 Å². The van der Waals surface area contributed by atoms with Crippen LogP contribution in [-0.2, 0) is 11.3 Å². The molecule has 0 radical (unpaired) electrons. The molecule has 2 heterocycles. The van der Waals surface area contributed by atoms with Gasteiger partial charge in [0, 0.05) is 24.5 Å². The van der Waals surface area contributed by atoms with Crippen LogP contribution in [0.3, 0.4) is 0 Å². The van der Waals surface area contributed by atoms with Gasteiger partial charge in [-0.2, -0.15) is 0 Å². The van der Waals surface area contributed by atoms with Crippen LogP contribution >= 0.6 is 0 Å². The Balaban J connectivity index is 1.66. The van der Waals surface area contributed by atoms with Gasteiger partial charge in [-0.1, -0.05) is 19.1 Å². The molecule has 5 heteroatoms. The van der Waals surface area contributed by atoms with Crippen molar-refractivity contribution in [3.05, 3.63) is 30.1 Å². The molecule has 154 valence electrons. The summed E-state index contributed by atoms with van der Waals surface area (Å²) in [7, 11) is 0. The van der Waals surface area contributed by atoms with Crippen LogP contribution in [0.15, 0.2) is 24.3 Å². The molecule has 1 aromatic carbocycles. The van der Waals surface area contributed by atoms with Gasteiger partial charge < -0.3 is 9.47 Å². The lowest BCUT2D eigenvalue weighted by Gasteiger charge is -2.35. The standard InChI is InChI=1S/C23H36N4O/c1-6-13-26(17(2)3)23(28)19-11-14-25(15-12-19)16-22-24-20-9-7-8-10-21(20)27(22)18(4)5/h7-10,17-19H,6,11-16H2,1-5H3. The average Bonchev–Trinajstić information content (AvgIpc) is 3.04. The summed E-state index contributed by atoms with van der Waals surface area (Å²) in [5.74, 6) is 1.66. The van der Waals surface area contributed by atoms with E-state index in [4.69, 9.17) is 4.98 Å². The number of fused-ring (bicyclic) bond motifs is 1. The molecule has 28 heavy (non-hydrogen) atoms. The van der Waals surface area contributed by atoms with E-state index in [1.807, 2.05) is 0 Å². The number of imidazole rings is 1. The van der Waals surface area contributed by atoms with Crippen molar-refractivity contribution in [2.45, 2.75) is 72.5 Å². The third-order valence-electron chi connectivity index (χ3n) is 5.86. The zero-order valence-electron chi connectivity index (χ0n) is 18.2. The molecule has 0 atom stereocenters. The van der Waals surface area contributed by atoms with Gasteiger partial charge in [-0.15, -0.1) is 0 Å². The highest BCUT2D eigenvalue weighted by atomic mass is 16.2. The van der Waals surface area contributed by atoms with E-state index in [0.29, 0.717) is 11.9 Å². The Morgan fingerprint density at radius 2 is 1.86 bits per heavy atom. The molecule has 5 nitrogen and oxygen atoms in total. The van der Waals surface area contributed by atoms with E-state index in [9.17, 15) is 4.79 Å². The summed E-state index contributed by atoms with van der Waals surface area (Å²) in [6.07, 6.45) is 2.93. The van der Waals surface area contributed by atoms with Gasteiger partial charge in [0.25, 0.3) is 0 Å². The third-order valence-corrected chi connectivity index (χ3v) is 5.86. The minimum Gasteiger partial charge on any atom is -0.340 e. The van der Waals surface area contributed by atoms with Crippen LogP contribution < -0.4 is 0 Å². The van der Waals surface area contributed by atoms with E-state index in [2.05, 4.69) is 73.3 Å². The van der Waals surface area contributed by atoms with Crippen molar-refractivity contribution in [2.24, 2.45) is 5.92 Å². The third kappa shape index (κ3) is 4.40. The molecule has 0 aliphatic carbocycles. The Hall–Kier alpha value is -1.88. The molecule has 1 saturated heterocycles. The van der Waals surface area contributed by atoms with E-state index in [1.165, 1.54) is 5.52 Å². The Labute approximate surface area is 169 Å². The number of benzene rings is 1. The number of piperidine rings is 1. The first-order valence-corrected chi connectivity index (χ1v) is 10.9. The van der Waals surface area contributed by atoms with Crippen LogP contribution in [0, 0.1) is 5.92 Å². The van der Waals surface area contributed by atoms with Crippen molar-refractivity contribution in [3.63, 3.8) is 0 Å². The number of carbonyl (C=O) groups excluding carboxylic acids is 1. The second-order valence-electron chi connectivity index (χ2n) is 8.66. The highest BCUT2D eigenvalue weighted by Gasteiger charge is 2.30. The van der Waals surface area contributed by atoms with E-state index in [-0.39, 0.29) is 12.0 Å². The summed E-state index contributed by atoms with van der Waals surface area (Å²) in [6, 6.07) is 9.06. The molecule has 2 aromatic rings. The molecular weight excluding hydrogens is 348 g/mol. The predicted molar refractivity (Wildman–Crippen MR) is 115 cm³/mol. The fourth-order valence-corrected chi connectivity index (χ4v) is 4.42. The van der Waals surface area contributed by atoms with E-state index in [1.54, 1.807) is 0 Å². The number of hydrogen-bond acceptors (Lipinski definition) is 3. The van der Waals surface area contributed by atoms with Crippen LogP contribution in [0.1, 0.15) is 65.7 Å². The molecule has 0 spiro atoms. The van der Waals surface area contributed by atoms with Crippen LogP contribution in [0.4, 0.5) is 0 Å². The van der Waals surface area contributed by atoms with Gasteiger partial charge in [0.05, 0.1) is 17.6 Å². The Kier molecular flexibility index (Phi) is 6.76. The lowest BCUT2D eigenvalue weighted by Crippen LogP contribution is -2.45. The van der Waals surface area contributed by atoms with Crippen molar-refractivity contribution >= 4 is 16.9 Å². The lowest BCUT2D eigenvalue weighted by molar-refractivity contribution is -0.138. The zero-order chi connectivity index (χ0) is 20.3. The number of likely N-dealkylation sites (tertiary alicyclic amines) is 1. The fourth-order valence-electron chi connectivity index (χ4n) is 4.42. The average molecular weight is 385 g/mol. The summed E-state index contributed by atoms with van der Waals surface area (Å²) in [5.41, 5.74) is 2.29. The van der Waals surface area contributed by atoms with Crippen molar-refractivity contribution in [3.8, 4) is 0 Å². The first kappa shape index (κ1) is 20.8. The summed E-state index contributed by atoms with van der Waals surface area (Å²) < 4.78 is 2.36. The van der Waals surface area contributed by atoms with E-state index < -0.39 is 0 Å². The zero-order valence-corrected chi connectivity index (χ0v) is 18.2. The van der Waals surface area contributed by atoms with Gasteiger partial charge in [0.2, 0.25) is 5.91 Å². The predicted octanol–water partition coefficient (Wildman–Crippen LogP) is 4.48. The quantitative estimate of drug-likeness (QED) is 0.707. The fraction of sp³-hybridized carbons (Fsp3) is 0.652. The number of hydrogen-bond donors (Lipinski definition) is 0. The molecule has 1 aliphatic rings. The number of para-hydroxylation sites is 2. The molecule has 0 saturated carbocycles. The molecule has 0 bridgehead atoms. The summed E-state index contributed by atoms with van der Waals surface area (Å²) in [6.45, 7) is 14.5. The van der Waals surface area contributed by atoms with Crippen molar-refractivity contribution in [2.75, 3.05) is 19.6 Å². The highest BCUT2D eigenvalue weighted by Crippen LogP contribution is 2.25. The van der Waals surface area contributed by atoms with Crippen LogP contribution in [0.2, 0.25) is 0 Å². The number of amides is 1. The largest absolute Gasteiger partial charge is 0.340 e. The van der Waals surface area contributed by atoms with Crippen LogP contribution in [-0.4, -0.2) is 50.9 Å².